The van der Waals surface area contributed by atoms with Crippen molar-refractivity contribution in [3.8, 4) is 0 Å². The number of carboxylic acid groups (broad SMARTS) is 1. The number of methoxy groups -OCH3 is 1. The number of nitrogens with zero attached hydrogens (tertiary/aromatic N) is 1. The Bertz CT molecular complexity index is 643. The zero-order valence-corrected chi connectivity index (χ0v) is 11.3. The van der Waals surface area contributed by atoms with E-state index in [0.717, 1.165) is 0 Å². The van der Waals surface area contributed by atoms with Crippen molar-refractivity contribution < 1.29 is 19.4 Å². The molecule has 0 spiro atoms. The SMILES string of the molecule is COC(C(=O)Nc1cc(C(=O)O)ccn1)c1ccccc1. The van der Waals surface area contributed by atoms with Crippen LogP contribution in [0.1, 0.15) is 22.0 Å². The summed E-state index contributed by atoms with van der Waals surface area (Å²) in [5.41, 5.74) is 0.751. The van der Waals surface area contributed by atoms with Crippen LogP contribution in [0.25, 0.3) is 0 Å². The Kier molecular flexibility index (Phi) is 4.63. The largest absolute Gasteiger partial charge is 0.478 e. The van der Waals surface area contributed by atoms with Gasteiger partial charge in [0.1, 0.15) is 5.82 Å². The molecular weight excluding hydrogens is 272 g/mol. The lowest BCUT2D eigenvalue weighted by molar-refractivity contribution is -0.126. The average molecular weight is 286 g/mol. The van der Waals surface area contributed by atoms with Crippen molar-refractivity contribution in [1.29, 1.82) is 0 Å². The van der Waals surface area contributed by atoms with Gasteiger partial charge in [-0.2, -0.15) is 0 Å². The fourth-order valence-electron chi connectivity index (χ4n) is 1.85. The lowest BCUT2D eigenvalue weighted by atomic mass is 10.1. The Balaban J connectivity index is 2.16. The van der Waals surface area contributed by atoms with E-state index in [2.05, 4.69) is 10.3 Å². The van der Waals surface area contributed by atoms with Crippen LogP contribution < -0.4 is 5.32 Å². The molecule has 6 heteroatoms. The third-order valence-corrected chi connectivity index (χ3v) is 2.83. The molecule has 1 aromatic heterocycles. The number of anilines is 1. The van der Waals surface area contributed by atoms with E-state index in [4.69, 9.17) is 9.84 Å². The predicted molar refractivity (Wildman–Crippen MR) is 76.0 cm³/mol. The number of rotatable bonds is 5. The normalized spacial score (nSPS) is 11.7. The lowest BCUT2D eigenvalue weighted by Gasteiger charge is -2.15. The summed E-state index contributed by atoms with van der Waals surface area (Å²) in [5.74, 6) is -1.34. The fraction of sp³-hybridized carbons (Fsp3) is 0.133. The molecule has 0 radical (unpaired) electrons. The maximum absolute atomic E-state index is 12.2. The van der Waals surface area contributed by atoms with E-state index in [0.29, 0.717) is 5.56 Å². The predicted octanol–water partition coefficient (Wildman–Crippen LogP) is 2.11. The summed E-state index contributed by atoms with van der Waals surface area (Å²) in [4.78, 5) is 27.0. The van der Waals surface area contributed by atoms with Crippen LogP contribution in [0, 0.1) is 0 Å². The zero-order valence-electron chi connectivity index (χ0n) is 11.3. The van der Waals surface area contributed by atoms with Crippen LogP contribution >= 0.6 is 0 Å². The van der Waals surface area contributed by atoms with Crippen LogP contribution in [0.2, 0.25) is 0 Å². The molecule has 6 nitrogen and oxygen atoms in total. The highest BCUT2D eigenvalue weighted by Crippen LogP contribution is 2.18. The highest BCUT2D eigenvalue weighted by Gasteiger charge is 2.20. The van der Waals surface area contributed by atoms with E-state index in [9.17, 15) is 9.59 Å². The van der Waals surface area contributed by atoms with E-state index in [1.807, 2.05) is 6.07 Å². The number of benzene rings is 1. The minimum Gasteiger partial charge on any atom is -0.478 e. The summed E-state index contributed by atoms with van der Waals surface area (Å²) in [7, 11) is 1.43. The second-order valence-corrected chi connectivity index (χ2v) is 4.25. The minimum atomic E-state index is -1.08. The Hall–Kier alpha value is -2.73. The van der Waals surface area contributed by atoms with Gasteiger partial charge in [0.15, 0.2) is 6.10 Å². The van der Waals surface area contributed by atoms with Crippen molar-refractivity contribution in [2.45, 2.75) is 6.10 Å². The number of carbonyl (C=O) groups excluding carboxylic acids is 1. The second kappa shape index (κ2) is 6.62. The molecule has 2 aromatic rings. The van der Waals surface area contributed by atoms with Crippen LogP contribution in [-0.2, 0) is 9.53 Å². The Morgan fingerprint density at radius 1 is 1.24 bits per heavy atom. The summed E-state index contributed by atoms with van der Waals surface area (Å²) in [6, 6.07) is 11.6. The first-order valence-corrected chi connectivity index (χ1v) is 6.20. The summed E-state index contributed by atoms with van der Waals surface area (Å²) in [5, 5.41) is 11.5. The molecular formula is C15H14N2O4. The van der Waals surface area contributed by atoms with Crippen LogP contribution in [0.3, 0.4) is 0 Å². The lowest BCUT2D eigenvalue weighted by Crippen LogP contribution is -2.23. The summed E-state index contributed by atoms with van der Waals surface area (Å²) < 4.78 is 5.19. The number of pyridine rings is 1. The van der Waals surface area contributed by atoms with Crippen molar-refractivity contribution in [2.75, 3.05) is 12.4 Å². The van der Waals surface area contributed by atoms with E-state index < -0.39 is 18.0 Å². The Morgan fingerprint density at radius 2 is 1.95 bits per heavy atom. The van der Waals surface area contributed by atoms with E-state index in [-0.39, 0.29) is 11.4 Å². The van der Waals surface area contributed by atoms with E-state index in [1.54, 1.807) is 24.3 Å². The fourth-order valence-corrected chi connectivity index (χ4v) is 1.85. The van der Waals surface area contributed by atoms with Gasteiger partial charge < -0.3 is 15.2 Å². The molecule has 108 valence electrons. The highest BCUT2D eigenvalue weighted by molar-refractivity contribution is 5.95. The highest BCUT2D eigenvalue weighted by atomic mass is 16.5. The third kappa shape index (κ3) is 3.64. The van der Waals surface area contributed by atoms with Gasteiger partial charge in [-0.3, -0.25) is 4.79 Å². The smallest absolute Gasteiger partial charge is 0.335 e. The molecule has 0 aliphatic rings. The molecule has 0 saturated heterocycles. The molecule has 0 saturated carbocycles. The van der Waals surface area contributed by atoms with Gasteiger partial charge in [-0.1, -0.05) is 30.3 Å². The van der Waals surface area contributed by atoms with Crippen LogP contribution in [-0.4, -0.2) is 29.1 Å². The number of carbonyl (C=O) groups is 2. The summed E-state index contributed by atoms with van der Waals surface area (Å²) in [6.45, 7) is 0. The monoisotopic (exact) mass is 286 g/mol. The number of hydrogen-bond acceptors (Lipinski definition) is 4. The third-order valence-electron chi connectivity index (χ3n) is 2.83. The topological polar surface area (TPSA) is 88.5 Å². The molecule has 1 heterocycles. The molecule has 1 aromatic carbocycles. The van der Waals surface area contributed by atoms with E-state index >= 15 is 0 Å². The number of carboxylic acids is 1. The Morgan fingerprint density at radius 3 is 2.57 bits per heavy atom. The van der Waals surface area contributed by atoms with Crippen molar-refractivity contribution >= 4 is 17.7 Å². The molecule has 1 atom stereocenters. The van der Waals surface area contributed by atoms with Gasteiger partial charge >= 0.3 is 5.97 Å². The number of hydrogen-bond donors (Lipinski definition) is 2. The molecule has 1 amide bonds. The molecule has 0 aliphatic carbocycles. The first-order chi connectivity index (χ1) is 10.1. The summed E-state index contributed by atoms with van der Waals surface area (Å²) in [6.07, 6.45) is 0.533. The number of aromatic carboxylic acids is 1. The van der Waals surface area contributed by atoms with E-state index in [1.165, 1.54) is 25.4 Å². The van der Waals surface area contributed by atoms with Gasteiger partial charge in [0.25, 0.3) is 5.91 Å². The van der Waals surface area contributed by atoms with Gasteiger partial charge in [-0.15, -0.1) is 0 Å². The van der Waals surface area contributed by atoms with Crippen molar-refractivity contribution in [3.63, 3.8) is 0 Å². The Labute approximate surface area is 121 Å². The molecule has 1 unspecified atom stereocenters. The quantitative estimate of drug-likeness (QED) is 0.878. The van der Waals surface area contributed by atoms with Gasteiger partial charge in [-0.05, 0) is 17.7 Å². The average Bonchev–Trinajstić information content (AvgIpc) is 2.49. The zero-order chi connectivity index (χ0) is 15.2. The standard InChI is InChI=1S/C15H14N2O4/c1-21-13(10-5-3-2-4-6-10)14(18)17-12-9-11(15(19)20)7-8-16-12/h2-9,13H,1H3,(H,19,20)(H,16,17,18). The molecule has 0 aliphatic heterocycles. The molecule has 2 rings (SSSR count). The van der Waals surface area contributed by atoms with Gasteiger partial charge in [0, 0.05) is 13.3 Å². The maximum atomic E-state index is 12.2. The first kappa shape index (κ1) is 14.7. The van der Waals surface area contributed by atoms with Crippen LogP contribution in [0.5, 0.6) is 0 Å². The minimum absolute atomic E-state index is 0.0500. The van der Waals surface area contributed by atoms with Gasteiger partial charge in [-0.25, -0.2) is 9.78 Å². The van der Waals surface area contributed by atoms with Crippen molar-refractivity contribution in [2.24, 2.45) is 0 Å². The summed E-state index contributed by atoms with van der Waals surface area (Å²) >= 11 is 0. The van der Waals surface area contributed by atoms with Gasteiger partial charge in [0.05, 0.1) is 5.56 Å². The molecule has 0 bridgehead atoms. The number of ether oxygens (including phenoxy) is 1. The molecule has 21 heavy (non-hydrogen) atoms. The first-order valence-electron chi connectivity index (χ1n) is 6.20. The number of amides is 1. The van der Waals surface area contributed by atoms with Crippen LogP contribution in [0.4, 0.5) is 5.82 Å². The maximum Gasteiger partial charge on any atom is 0.335 e. The second-order valence-electron chi connectivity index (χ2n) is 4.25. The number of aromatic nitrogens is 1. The van der Waals surface area contributed by atoms with Crippen molar-refractivity contribution in [1.82, 2.24) is 4.98 Å². The van der Waals surface area contributed by atoms with Crippen molar-refractivity contribution in [3.05, 3.63) is 59.8 Å². The van der Waals surface area contributed by atoms with Gasteiger partial charge in [0.2, 0.25) is 0 Å². The van der Waals surface area contributed by atoms with Crippen LogP contribution in [0.15, 0.2) is 48.7 Å². The molecule has 2 N–H and O–H groups in total. The number of nitrogens with one attached hydrogen (secondary N) is 1. The molecule has 0 fully saturated rings.